The summed E-state index contributed by atoms with van der Waals surface area (Å²) in [6.07, 6.45) is 1.04. The molecule has 14 heavy (non-hydrogen) atoms. The fourth-order valence-corrected chi connectivity index (χ4v) is 2.07. The molecule has 76 valence electrons. The Balaban J connectivity index is 2.40. The zero-order valence-electron chi connectivity index (χ0n) is 8.79. The molecule has 0 fully saturated rings. The highest BCUT2D eigenvalue weighted by Gasteiger charge is 2.23. The number of rotatable bonds is 1. The van der Waals surface area contributed by atoms with Gasteiger partial charge in [0.1, 0.15) is 5.75 Å². The van der Waals surface area contributed by atoms with E-state index >= 15 is 0 Å². The Kier molecular flexibility index (Phi) is 2.46. The summed E-state index contributed by atoms with van der Waals surface area (Å²) in [5.74, 6) is 1.48. The maximum Gasteiger partial charge on any atom is 0.123 e. The van der Waals surface area contributed by atoms with Gasteiger partial charge < -0.3 is 10.5 Å². The molecule has 1 aromatic rings. The second-order valence-corrected chi connectivity index (χ2v) is 4.14. The summed E-state index contributed by atoms with van der Waals surface area (Å²) in [7, 11) is 0. The zero-order valence-corrected chi connectivity index (χ0v) is 8.79. The van der Waals surface area contributed by atoms with Crippen molar-refractivity contribution in [2.45, 2.75) is 32.2 Å². The molecule has 0 spiro atoms. The molecule has 0 saturated carbocycles. The number of hydrogen-bond donors (Lipinski definition) is 1. The van der Waals surface area contributed by atoms with Crippen LogP contribution in [0.4, 0.5) is 0 Å². The smallest absolute Gasteiger partial charge is 0.123 e. The first-order valence-electron chi connectivity index (χ1n) is 5.17. The summed E-state index contributed by atoms with van der Waals surface area (Å²) >= 11 is 0. The van der Waals surface area contributed by atoms with Gasteiger partial charge in [0.05, 0.1) is 6.61 Å². The lowest BCUT2D eigenvalue weighted by molar-refractivity contribution is 0.258. The Labute approximate surface area is 85.1 Å². The van der Waals surface area contributed by atoms with Crippen LogP contribution in [0.15, 0.2) is 18.2 Å². The minimum absolute atomic E-state index is 0.209. The second-order valence-electron chi connectivity index (χ2n) is 4.14. The van der Waals surface area contributed by atoms with Crippen LogP contribution in [0.2, 0.25) is 0 Å². The average Bonchev–Trinajstić information content (AvgIpc) is 2.16. The molecular formula is C12H17NO. The third-order valence-electron chi connectivity index (χ3n) is 2.89. The molecule has 2 unspecified atom stereocenters. The van der Waals surface area contributed by atoms with Crippen LogP contribution < -0.4 is 10.5 Å². The number of hydrogen-bond acceptors (Lipinski definition) is 2. The molecule has 0 amide bonds. The largest absolute Gasteiger partial charge is 0.493 e. The SMILES string of the molecule is Cc1ccc2c(c1)OCCC2C(C)N. The van der Waals surface area contributed by atoms with Gasteiger partial charge >= 0.3 is 0 Å². The normalized spacial score (nSPS) is 22.4. The Morgan fingerprint density at radius 3 is 3.00 bits per heavy atom. The van der Waals surface area contributed by atoms with Crippen molar-refractivity contribution in [3.05, 3.63) is 29.3 Å². The maximum absolute atomic E-state index is 5.96. The number of fused-ring (bicyclic) bond motifs is 1. The molecule has 2 N–H and O–H groups in total. The fraction of sp³-hybridized carbons (Fsp3) is 0.500. The monoisotopic (exact) mass is 191 g/mol. The second kappa shape index (κ2) is 3.62. The van der Waals surface area contributed by atoms with Gasteiger partial charge in [-0.05, 0) is 37.5 Å². The van der Waals surface area contributed by atoms with Crippen LogP contribution in [0.1, 0.15) is 30.4 Å². The minimum Gasteiger partial charge on any atom is -0.493 e. The van der Waals surface area contributed by atoms with E-state index in [-0.39, 0.29) is 6.04 Å². The van der Waals surface area contributed by atoms with Gasteiger partial charge in [-0.15, -0.1) is 0 Å². The van der Waals surface area contributed by atoms with Gasteiger partial charge in [0.15, 0.2) is 0 Å². The van der Waals surface area contributed by atoms with Crippen molar-refractivity contribution < 1.29 is 4.74 Å². The van der Waals surface area contributed by atoms with Crippen molar-refractivity contribution in [2.75, 3.05) is 6.61 Å². The lowest BCUT2D eigenvalue weighted by Crippen LogP contribution is -2.29. The zero-order chi connectivity index (χ0) is 10.1. The predicted molar refractivity (Wildman–Crippen MR) is 57.7 cm³/mol. The van der Waals surface area contributed by atoms with Crippen molar-refractivity contribution in [1.29, 1.82) is 0 Å². The Bertz CT molecular complexity index is 333. The summed E-state index contributed by atoms with van der Waals surface area (Å²) in [4.78, 5) is 0. The molecule has 2 atom stereocenters. The number of ether oxygens (including phenoxy) is 1. The van der Waals surface area contributed by atoms with Crippen molar-refractivity contribution in [2.24, 2.45) is 5.73 Å². The van der Waals surface area contributed by atoms with Crippen LogP contribution in [0.25, 0.3) is 0 Å². The van der Waals surface area contributed by atoms with E-state index in [1.165, 1.54) is 11.1 Å². The minimum atomic E-state index is 0.209. The quantitative estimate of drug-likeness (QED) is 0.738. The average molecular weight is 191 g/mol. The van der Waals surface area contributed by atoms with E-state index in [2.05, 4.69) is 32.0 Å². The molecular weight excluding hydrogens is 174 g/mol. The molecule has 2 rings (SSSR count). The van der Waals surface area contributed by atoms with Gasteiger partial charge in [-0.1, -0.05) is 12.1 Å². The first-order chi connectivity index (χ1) is 6.68. The topological polar surface area (TPSA) is 35.2 Å². The van der Waals surface area contributed by atoms with E-state index in [0.717, 1.165) is 18.8 Å². The molecule has 1 aliphatic heterocycles. The molecule has 0 bridgehead atoms. The first-order valence-corrected chi connectivity index (χ1v) is 5.17. The van der Waals surface area contributed by atoms with Gasteiger partial charge in [0.2, 0.25) is 0 Å². The summed E-state index contributed by atoms with van der Waals surface area (Å²) in [5.41, 5.74) is 8.48. The predicted octanol–water partition coefficient (Wildman–Crippen LogP) is 2.21. The Hall–Kier alpha value is -1.02. The van der Waals surface area contributed by atoms with Crippen molar-refractivity contribution >= 4 is 0 Å². The van der Waals surface area contributed by atoms with Gasteiger partial charge in [0.25, 0.3) is 0 Å². The van der Waals surface area contributed by atoms with Crippen LogP contribution in [0.5, 0.6) is 5.75 Å². The highest BCUT2D eigenvalue weighted by molar-refractivity contribution is 5.41. The highest BCUT2D eigenvalue weighted by atomic mass is 16.5. The van der Waals surface area contributed by atoms with E-state index in [0.29, 0.717) is 5.92 Å². The molecule has 0 aromatic heterocycles. The van der Waals surface area contributed by atoms with Crippen molar-refractivity contribution in [1.82, 2.24) is 0 Å². The van der Waals surface area contributed by atoms with Gasteiger partial charge in [0, 0.05) is 12.0 Å². The van der Waals surface area contributed by atoms with Crippen molar-refractivity contribution in [3.8, 4) is 5.75 Å². The molecule has 0 radical (unpaired) electrons. The number of benzene rings is 1. The van der Waals surface area contributed by atoms with E-state index in [9.17, 15) is 0 Å². The molecule has 0 aliphatic carbocycles. The third kappa shape index (κ3) is 1.62. The Morgan fingerprint density at radius 2 is 2.29 bits per heavy atom. The molecule has 2 nitrogen and oxygen atoms in total. The number of nitrogens with two attached hydrogens (primary N) is 1. The van der Waals surface area contributed by atoms with Crippen LogP contribution in [-0.4, -0.2) is 12.6 Å². The Morgan fingerprint density at radius 1 is 1.50 bits per heavy atom. The number of aryl methyl sites for hydroxylation is 1. The first kappa shape index (κ1) is 9.53. The standard InChI is InChI=1S/C12H17NO/c1-8-3-4-11-10(9(2)13)5-6-14-12(11)7-8/h3-4,7,9-10H,5-6,13H2,1-2H3. The molecule has 2 heteroatoms. The lowest BCUT2D eigenvalue weighted by atomic mass is 9.87. The van der Waals surface area contributed by atoms with Crippen LogP contribution in [0.3, 0.4) is 0 Å². The van der Waals surface area contributed by atoms with Crippen LogP contribution in [0, 0.1) is 6.92 Å². The van der Waals surface area contributed by atoms with E-state index in [4.69, 9.17) is 10.5 Å². The lowest BCUT2D eigenvalue weighted by Gasteiger charge is -2.28. The van der Waals surface area contributed by atoms with Crippen molar-refractivity contribution in [3.63, 3.8) is 0 Å². The summed E-state index contributed by atoms with van der Waals surface area (Å²) in [6.45, 7) is 4.95. The summed E-state index contributed by atoms with van der Waals surface area (Å²) < 4.78 is 5.63. The highest BCUT2D eigenvalue weighted by Crippen LogP contribution is 2.35. The summed E-state index contributed by atoms with van der Waals surface area (Å²) in [6, 6.07) is 6.59. The third-order valence-corrected chi connectivity index (χ3v) is 2.89. The van der Waals surface area contributed by atoms with Crippen LogP contribution >= 0.6 is 0 Å². The molecule has 1 heterocycles. The molecule has 1 aromatic carbocycles. The van der Waals surface area contributed by atoms with E-state index < -0.39 is 0 Å². The van der Waals surface area contributed by atoms with E-state index in [1.807, 2.05) is 0 Å². The van der Waals surface area contributed by atoms with Gasteiger partial charge in [-0.25, -0.2) is 0 Å². The fourth-order valence-electron chi connectivity index (χ4n) is 2.07. The van der Waals surface area contributed by atoms with E-state index in [1.54, 1.807) is 0 Å². The molecule has 0 saturated heterocycles. The maximum atomic E-state index is 5.96. The summed E-state index contributed by atoms with van der Waals surface area (Å²) in [5, 5.41) is 0. The molecule has 1 aliphatic rings. The van der Waals surface area contributed by atoms with Gasteiger partial charge in [-0.3, -0.25) is 0 Å². The van der Waals surface area contributed by atoms with Gasteiger partial charge in [-0.2, -0.15) is 0 Å². The van der Waals surface area contributed by atoms with Crippen LogP contribution in [-0.2, 0) is 0 Å².